The molecule has 0 radical (unpaired) electrons. The van der Waals surface area contributed by atoms with Crippen LogP contribution in [0.2, 0.25) is 0 Å². The monoisotopic (exact) mass is 351 g/mol. The second kappa shape index (κ2) is 7.07. The fraction of sp³-hybridized carbons (Fsp3) is 0.389. The smallest absolute Gasteiger partial charge is 0.225 e. The number of amidine groups is 1. The van der Waals surface area contributed by atoms with Gasteiger partial charge in [-0.2, -0.15) is 5.11 Å². The molecule has 26 heavy (non-hydrogen) atoms. The zero-order valence-electron chi connectivity index (χ0n) is 14.9. The maximum atomic E-state index is 5.11. The maximum Gasteiger partial charge on any atom is 0.225 e. The molecule has 2 aliphatic rings. The van der Waals surface area contributed by atoms with Crippen molar-refractivity contribution in [1.29, 1.82) is 0 Å². The first kappa shape index (κ1) is 16.4. The molecule has 0 N–H and O–H groups in total. The van der Waals surface area contributed by atoms with Crippen LogP contribution in [0.25, 0.3) is 0 Å². The normalized spacial score (nSPS) is 19.6. The van der Waals surface area contributed by atoms with Gasteiger partial charge in [-0.1, -0.05) is 12.1 Å². The van der Waals surface area contributed by atoms with E-state index in [4.69, 9.17) is 4.74 Å². The van der Waals surface area contributed by atoms with E-state index in [2.05, 4.69) is 59.3 Å². The van der Waals surface area contributed by atoms with E-state index >= 15 is 0 Å². The number of aliphatic imine (C=N–C) groups is 1. The summed E-state index contributed by atoms with van der Waals surface area (Å²) in [5.41, 5.74) is 2.28. The van der Waals surface area contributed by atoms with Crippen LogP contribution < -0.4 is 14.5 Å². The summed E-state index contributed by atoms with van der Waals surface area (Å²) in [6.07, 6.45) is 3.23. The fourth-order valence-electron chi connectivity index (χ4n) is 3.11. The Morgan fingerprint density at radius 3 is 2.19 bits per heavy atom. The Kier molecular flexibility index (Phi) is 4.47. The van der Waals surface area contributed by atoms with Crippen LogP contribution >= 0.6 is 0 Å². The van der Waals surface area contributed by atoms with Crippen LogP contribution in [0.15, 0.2) is 51.9 Å². The molecule has 0 aliphatic carbocycles. The van der Waals surface area contributed by atoms with Gasteiger partial charge in [0.1, 0.15) is 5.84 Å². The van der Waals surface area contributed by atoms with Gasteiger partial charge in [0.15, 0.2) is 11.9 Å². The SMILES string of the molecule is COc1cnc(N2CCN(c3ccc(C4N=NC(C)=N4)cc3)CC2)nc1. The van der Waals surface area contributed by atoms with Crippen molar-refractivity contribution in [3.05, 3.63) is 42.2 Å². The van der Waals surface area contributed by atoms with Crippen molar-refractivity contribution < 1.29 is 4.74 Å². The van der Waals surface area contributed by atoms with Gasteiger partial charge in [0.05, 0.1) is 19.5 Å². The number of rotatable bonds is 4. The van der Waals surface area contributed by atoms with E-state index < -0.39 is 0 Å². The quantitative estimate of drug-likeness (QED) is 0.846. The molecule has 1 saturated heterocycles. The molecule has 0 amide bonds. The molecule has 0 saturated carbocycles. The highest BCUT2D eigenvalue weighted by molar-refractivity contribution is 5.81. The molecule has 1 aromatic heterocycles. The number of aromatic nitrogens is 2. The molecule has 0 bridgehead atoms. The third-order valence-electron chi connectivity index (χ3n) is 4.59. The number of nitrogens with zero attached hydrogens (tertiary/aromatic N) is 7. The Bertz CT molecular complexity index is 808. The lowest BCUT2D eigenvalue weighted by Crippen LogP contribution is -2.47. The highest BCUT2D eigenvalue weighted by atomic mass is 16.5. The molecule has 8 heteroatoms. The molecule has 1 fully saturated rings. The minimum atomic E-state index is -0.187. The molecule has 8 nitrogen and oxygen atoms in total. The summed E-state index contributed by atoms with van der Waals surface area (Å²) < 4.78 is 5.11. The molecule has 3 heterocycles. The van der Waals surface area contributed by atoms with E-state index in [1.54, 1.807) is 19.5 Å². The Hall–Kier alpha value is -3.03. The standard InChI is InChI=1S/C18H21N7O/c1-13-21-17(23-22-13)14-3-5-15(6-4-14)24-7-9-25(10-8-24)18-19-11-16(26-2)12-20-18/h3-6,11-12,17H,7-10H2,1-2H3. The zero-order valence-corrected chi connectivity index (χ0v) is 14.9. The number of hydrogen-bond donors (Lipinski definition) is 0. The number of methoxy groups -OCH3 is 1. The molecule has 1 aromatic carbocycles. The minimum absolute atomic E-state index is 0.187. The van der Waals surface area contributed by atoms with Gasteiger partial charge in [-0.3, -0.25) is 0 Å². The summed E-state index contributed by atoms with van der Waals surface area (Å²) in [6, 6.07) is 8.43. The first-order chi connectivity index (χ1) is 12.7. The van der Waals surface area contributed by atoms with Crippen molar-refractivity contribution in [2.75, 3.05) is 43.1 Å². The van der Waals surface area contributed by atoms with E-state index in [1.807, 2.05) is 6.92 Å². The third kappa shape index (κ3) is 3.35. The maximum absolute atomic E-state index is 5.11. The number of piperazine rings is 1. The molecule has 2 aromatic rings. The van der Waals surface area contributed by atoms with Crippen molar-refractivity contribution in [3.8, 4) is 5.75 Å². The van der Waals surface area contributed by atoms with Gasteiger partial charge in [0.2, 0.25) is 5.95 Å². The van der Waals surface area contributed by atoms with E-state index in [9.17, 15) is 0 Å². The summed E-state index contributed by atoms with van der Waals surface area (Å²) in [5, 5.41) is 8.16. The molecule has 1 unspecified atom stereocenters. The van der Waals surface area contributed by atoms with Crippen molar-refractivity contribution in [2.45, 2.75) is 13.1 Å². The third-order valence-corrected chi connectivity index (χ3v) is 4.59. The number of azo groups is 1. The number of ether oxygens (including phenoxy) is 1. The van der Waals surface area contributed by atoms with Crippen LogP contribution in [-0.2, 0) is 0 Å². The summed E-state index contributed by atoms with van der Waals surface area (Å²) in [4.78, 5) is 17.7. The number of benzene rings is 1. The van der Waals surface area contributed by atoms with Crippen molar-refractivity contribution >= 4 is 17.5 Å². The van der Waals surface area contributed by atoms with Gasteiger partial charge < -0.3 is 14.5 Å². The second-order valence-electron chi connectivity index (χ2n) is 6.25. The summed E-state index contributed by atoms with van der Waals surface area (Å²) in [5.74, 6) is 2.16. The summed E-state index contributed by atoms with van der Waals surface area (Å²) >= 11 is 0. The highest BCUT2D eigenvalue weighted by Crippen LogP contribution is 2.27. The van der Waals surface area contributed by atoms with Gasteiger partial charge in [0.25, 0.3) is 0 Å². The Morgan fingerprint density at radius 1 is 0.962 bits per heavy atom. The lowest BCUT2D eigenvalue weighted by atomic mass is 10.1. The van der Waals surface area contributed by atoms with Crippen molar-refractivity contribution in [1.82, 2.24) is 9.97 Å². The molecular formula is C18H21N7O. The van der Waals surface area contributed by atoms with Crippen molar-refractivity contribution in [2.24, 2.45) is 15.2 Å². The van der Waals surface area contributed by atoms with E-state index in [-0.39, 0.29) is 6.17 Å². The summed E-state index contributed by atoms with van der Waals surface area (Å²) in [7, 11) is 1.62. The first-order valence-corrected chi connectivity index (χ1v) is 8.64. The van der Waals surface area contributed by atoms with Crippen LogP contribution in [0.4, 0.5) is 11.6 Å². The predicted octanol–water partition coefficient (Wildman–Crippen LogP) is 2.69. The molecule has 2 aliphatic heterocycles. The Morgan fingerprint density at radius 2 is 1.62 bits per heavy atom. The van der Waals surface area contributed by atoms with E-state index in [0.717, 1.165) is 43.5 Å². The van der Waals surface area contributed by atoms with Crippen LogP contribution in [0, 0.1) is 0 Å². The average Bonchev–Trinajstić information content (AvgIpc) is 3.15. The van der Waals surface area contributed by atoms with Gasteiger partial charge >= 0.3 is 0 Å². The van der Waals surface area contributed by atoms with Crippen LogP contribution in [0.1, 0.15) is 18.7 Å². The summed E-state index contributed by atoms with van der Waals surface area (Å²) in [6.45, 7) is 5.48. The largest absolute Gasteiger partial charge is 0.494 e. The topological polar surface area (TPSA) is 78.6 Å². The molecule has 1 atom stereocenters. The molecule has 4 rings (SSSR count). The lowest BCUT2D eigenvalue weighted by molar-refractivity contribution is 0.410. The van der Waals surface area contributed by atoms with Crippen LogP contribution in [0.5, 0.6) is 5.75 Å². The molecule has 134 valence electrons. The Balaban J connectivity index is 1.37. The number of anilines is 2. The minimum Gasteiger partial charge on any atom is -0.494 e. The van der Waals surface area contributed by atoms with E-state index in [0.29, 0.717) is 5.75 Å². The fourth-order valence-corrected chi connectivity index (χ4v) is 3.11. The first-order valence-electron chi connectivity index (χ1n) is 8.64. The number of hydrogen-bond acceptors (Lipinski definition) is 8. The van der Waals surface area contributed by atoms with Crippen LogP contribution in [0.3, 0.4) is 0 Å². The average molecular weight is 351 g/mol. The van der Waals surface area contributed by atoms with Gasteiger partial charge in [0, 0.05) is 37.4 Å². The van der Waals surface area contributed by atoms with Crippen LogP contribution in [-0.4, -0.2) is 49.1 Å². The predicted molar refractivity (Wildman–Crippen MR) is 100 cm³/mol. The second-order valence-corrected chi connectivity index (χ2v) is 6.25. The molecule has 0 spiro atoms. The van der Waals surface area contributed by atoms with Gasteiger partial charge in [-0.15, -0.1) is 5.11 Å². The van der Waals surface area contributed by atoms with E-state index in [1.165, 1.54) is 5.69 Å². The Labute approximate surface area is 152 Å². The molecular weight excluding hydrogens is 330 g/mol. The lowest BCUT2D eigenvalue weighted by Gasteiger charge is -2.36. The zero-order chi connectivity index (χ0) is 17.9. The van der Waals surface area contributed by atoms with Gasteiger partial charge in [-0.05, 0) is 19.1 Å². The van der Waals surface area contributed by atoms with Gasteiger partial charge in [-0.25, -0.2) is 15.0 Å². The van der Waals surface area contributed by atoms with Crippen molar-refractivity contribution in [3.63, 3.8) is 0 Å². The highest BCUT2D eigenvalue weighted by Gasteiger charge is 2.20.